The predicted molar refractivity (Wildman–Crippen MR) is 95.9 cm³/mol. The summed E-state index contributed by atoms with van der Waals surface area (Å²) in [6.45, 7) is 4.40. The summed E-state index contributed by atoms with van der Waals surface area (Å²) < 4.78 is 0. The van der Waals surface area contributed by atoms with Gasteiger partial charge in [0.2, 0.25) is 0 Å². The SMILES string of the molecule is Cc1ccc(C(c2ccc(C3CC3)[nH]2)C2(C)CC=C(Cl)N2)cc1. The summed E-state index contributed by atoms with van der Waals surface area (Å²) in [6, 6.07) is 13.4. The second-order valence-electron chi connectivity index (χ2n) is 7.29. The monoisotopic (exact) mass is 326 g/mol. The minimum absolute atomic E-state index is 0.0992. The van der Waals surface area contributed by atoms with Gasteiger partial charge in [-0.15, -0.1) is 0 Å². The average molecular weight is 327 g/mol. The lowest BCUT2D eigenvalue weighted by atomic mass is 9.77. The van der Waals surface area contributed by atoms with Gasteiger partial charge in [-0.2, -0.15) is 0 Å². The topological polar surface area (TPSA) is 27.8 Å². The van der Waals surface area contributed by atoms with Gasteiger partial charge in [-0.25, -0.2) is 0 Å². The lowest BCUT2D eigenvalue weighted by Gasteiger charge is -2.35. The number of aryl methyl sites for hydroxylation is 1. The number of rotatable bonds is 4. The van der Waals surface area contributed by atoms with E-state index in [0.29, 0.717) is 0 Å². The van der Waals surface area contributed by atoms with Crippen molar-refractivity contribution in [2.45, 2.75) is 50.5 Å². The molecule has 0 spiro atoms. The smallest absolute Gasteiger partial charge is 0.0982 e. The summed E-state index contributed by atoms with van der Waals surface area (Å²) in [5.41, 5.74) is 5.19. The Morgan fingerprint density at radius 1 is 1.13 bits per heavy atom. The van der Waals surface area contributed by atoms with Crippen molar-refractivity contribution in [3.8, 4) is 0 Å². The molecule has 0 bridgehead atoms. The van der Waals surface area contributed by atoms with Crippen LogP contribution in [0.25, 0.3) is 0 Å². The molecule has 2 aliphatic rings. The highest BCUT2D eigenvalue weighted by Gasteiger charge is 2.40. The fourth-order valence-corrected chi connectivity index (χ4v) is 4.04. The first-order valence-electron chi connectivity index (χ1n) is 8.44. The van der Waals surface area contributed by atoms with E-state index >= 15 is 0 Å². The molecular weight excluding hydrogens is 304 g/mol. The Balaban J connectivity index is 1.74. The van der Waals surface area contributed by atoms with E-state index in [0.717, 1.165) is 17.5 Å². The van der Waals surface area contributed by atoms with Crippen LogP contribution in [-0.2, 0) is 0 Å². The Hall–Kier alpha value is -1.67. The maximum Gasteiger partial charge on any atom is 0.0982 e. The van der Waals surface area contributed by atoms with Gasteiger partial charge in [0, 0.05) is 17.3 Å². The van der Waals surface area contributed by atoms with Crippen LogP contribution >= 0.6 is 11.6 Å². The van der Waals surface area contributed by atoms with Crippen LogP contribution in [0.2, 0.25) is 0 Å². The minimum Gasteiger partial charge on any atom is -0.370 e. The normalized spacial score (nSPS) is 25.1. The highest BCUT2D eigenvalue weighted by atomic mass is 35.5. The molecule has 2 atom stereocenters. The number of aromatic amines is 1. The van der Waals surface area contributed by atoms with Crippen molar-refractivity contribution < 1.29 is 0 Å². The van der Waals surface area contributed by atoms with Gasteiger partial charge in [-0.05, 0) is 62.8 Å². The van der Waals surface area contributed by atoms with Gasteiger partial charge in [0.15, 0.2) is 0 Å². The molecule has 0 radical (unpaired) electrons. The molecule has 2 aromatic rings. The third kappa shape index (κ3) is 2.81. The third-order valence-electron chi connectivity index (χ3n) is 5.22. The molecule has 1 aromatic carbocycles. The zero-order valence-electron chi connectivity index (χ0n) is 13.7. The Morgan fingerprint density at radius 3 is 2.48 bits per heavy atom. The molecule has 3 heteroatoms. The summed E-state index contributed by atoms with van der Waals surface area (Å²) in [5.74, 6) is 0.997. The Kier molecular flexibility index (Phi) is 3.53. The number of halogens is 1. The molecule has 1 aliphatic heterocycles. The van der Waals surface area contributed by atoms with Gasteiger partial charge in [-0.3, -0.25) is 0 Å². The van der Waals surface area contributed by atoms with Gasteiger partial charge in [0.05, 0.1) is 10.7 Å². The molecule has 1 saturated carbocycles. The van der Waals surface area contributed by atoms with Crippen LogP contribution in [0.15, 0.2) is 47.6 Å². The number of H-pyrrole nitrogens is 1. The summed E-state index contributed by atoms with van der Waals surface area (Å²) in [6.07, 6.45) is 5.66. The molecule has 1 fully saturated rings. The summed E-state index contributed by atoms with van der Waals surface area (Å²) in [5, 5.41) is 4.27. The number of benzene rings is 1. The molecule has 0 saturated heterocycles. The van der Waals surface area contributed by atoms with Gasteiger partial charge >= 0.3 is 0 Å². The van der Waals surface area contributed by atoms with E-state index in [1.165, 1.54) is 35.4 Å². The van der Waals surface area contributed by atoms with Crippen LogP contribution in [-0.4, -0.2) is 10.5 Å². The van der Waals surface area contributed by atoms with Gasteiger partial charge in [0.25, 0.3) is 0 Å². The molecular formula is C20H23ClN2. The standard InChI is InChI=1S/C20H23ClN2/c1-13-3-5-15(6-4-13)19(20(2)12-11-18(21)23-20)17-10-9-16(22-17)14-7-8-14/h3-6,9-11,14,19,22-23H,7-8,12H2,1-2H3. The number of hydrogen-bond donors (Lipinski definition) is 2. The molecule has 1 aliphatic carbocycles. The molecule has 2 unspecified atom stereocenters. The Morgan fingerprint density at radius 2 is 1.87 bits per heavy atom. The van der Waals surface area contributed by atoms with E-state index in [4.69, 9.17) is 11.6 Å². The molecule has 120 valence electrons. The second-order valence-corrected chi connectivity index (χ2v) is 7.69. The molecule has 4 rings (SSSR count). The van der Waals surface area contributed by atoms with E-state index in [9.17, 15) is 0 Å². The number of hydrogen-bond acceptors (Lipinski definition) is 1. The van der Waals surface area contributed by atoms with Crippen molar-refractivity contribution in [1.82, 2.24) is 10.3 Å². The second kappa shape index (κ2) is 5.45. The first-order chi connectivity index (χ1) is 11.0. The van der Waals surface area contributed by atoms with Crippen molar-refractivity contribution in [3.63, 3.8) is 0 Å². The van der Waals surface area contributed by atoms with Crippen molar-refractivity contribution >= 4 is 11.6 Å². The fourth-order valence-electron chi connectivity index (χ4n) is 3.75. The van der Waals surface area contributed by atoms with Gasteiger partial charge in [-0.1, -0.05) is 41.4 Å². The highest BCUT2D eigenvalue weighted by Crippen LogP contribution is 2.44. The Bertz CT molecular complexity index is 739. The maximum absolute atomic E-state index is 6.25. The van der Waals surface area contributed by atoms with E-state index in [2.05, 4.69) is 66.6 Å². The molecule has 1 aromatic heterocycles. The molecule has 23 heavy (non-hydrogen) atoms. The van der Waals surface area contributed by atoms with Crippen LogP contribution in [0.4, 0.5) is 0 Å². The van der Waals surface area contributed by atoms with Crippen LogP contribution in [0, 0.1) is 6.92 Å². The third-order valence-corrected chi connectivity index (χ3v) is 5.47. The molecule has 2 N–H and O–H groups in total. The average Bonchev–Trinajstić information content (AvgIpc) is 3.17. The van der Waals surface area contributed by atoms with E-state index < -0.39 is 0 Å². The first kappa shape index (κ1) is 14.9. The molecule has 2 heterocycles. The van der Waals surface area contributed by atoms with Gasteiger partial charge < -0.3 is 10.3 Å². The van der Waals surface area contributed by atoms with Gasteiger partial charge in [0.1, 0.15) is 0 Å². The van der Waals surface area contributed by atoms with Crippen molar-refractivity contribution in [2.24, 2.45) is 0 Å². The van der Waals surface area contributed by atoms with Crippen molar-refractivity contribution in [2.75, 3.05) is 0 Å². The number of nitrogens with one attached hydrogen (secondary N) is 2. The quantitative estimate of drug-likeness (QED) is 0.746. The lowest BCUT2D eigenvalue weighted by molar-refractivity contribution is 0.373. The van der Waals surface area contributed by atoms with Crippen molar-refractivity contribution in [1.29, 1.82) is 0 Å². The number of aromatic nitrogens is 1. The van der Waals surface area contributed by atoms with Crippen LogP contribution in [0.1, 0.15) is 60.5 Å². The maximum atomic E-state index is 6.25. The summed E-state index contributed by atoms with van der Waals surface area (Å²) >= 11 is 6.25. The first-order valence-corrected chi connectivity index (χ1v) is 8.82. The molecule has 2 nitrogen and oxygen atoms in total. The van der Waals surface area contributed by atoms with Crippen LogP contribution < -0.4 is 5.32 Å². The lowest BCUT2D eigenvalue weighted by Crippen LogP contribution is -2.43. The largest absolute Gasteiger partial charge is 0.370 e. The van der Waals surface area contributed by atoms with Crippen molar-refractivity contribution in [3.05, 3.63) is 70.1 Å². The van der Waals surface area contributed by atoms with Crippen LogP contribution in [0.5, 0.6) is 0 Å². The van der Waals surface area contributed by atoms with Crippen LogP contribution in [0.3, 0.4) is 0 Å². The highest BCUT2D eigenvalue weighted by molar-refractivity contribution is 6.29. The molecule has 0 amide bonds. The van der Waals surface area contributed by atoms with E-state index in [-0.39, 0.29) is 11.5 Å². The minimum atomic E-state index is -0.0992. The summed E-state index contributed by atoms with van der Waals surface area (Å²) in [4.78, 5) is 3.70. The zero-order chi connectivity index (χ0) is 16.0. The Labute approximate surface area is 142 Å². The predicted octanol–water partition coefficient (Wildman–Crippen LogP) is 5.16. The zero-order valence-corrected chi connectivity index (χ0v) is 14.5. The van der Waals surface area contributed by atoms with E-state index in [1.54, 1.807) is 0 Å². The van der Waals surface area contributed by atoms with E-state index in [1.807, 2.05) is 0 Å². The summed E-state index contributed by atoms with van der Waals surface area (Å²) in [7, 11) is 0. The fraction of sp³-hybridized carbons (Fsp3) is 0.400.